The molecule has 1 aliphatic rings. The highest BCUT2D eigenvalue weighted by Crippen LogP contribution is 2.33. The number of carbonyl (C=O) groups excluding carboxylic acids is 1. The van der Waals surface area contributed by atoms with Crippen LogP contribution in [0.5, 0.6) is 0 Å². The summed E-state index contributed by atoms with van der Waals surface area (Å²) >= 11 is 1.57. The zero-order valence-electron chi connectivity index (χ0n) is 15.8. The number of benzene rings is 2. The van der Waals surface area contributed by atoms with E-state index in [-0.39, 0.29) is 17.6 Å². The maximum absolute atomic E-state index is 13.2. The lowest BCUT2D eigenvalue weighted by atomic mass is 10.1. The summed E-state index contributed by atoms with van der Waals surface area (Å²) in [6.07, 6.45) is 4.37. The van der Waals surface area contributed by atoms with E-state index in [1.807, 2.05) is 41.0 Å². The zero-order chi connectivity index (χ0) is 19.5. The second kappa shape index (κ2) is 8.19. The molecule has 0 atom stereocenters. The first-order chi connectivity index (χ1) is 13.7. The number of methoxy groups -OCH3 is 1. The van der Waals surface area contributed by atoms with E-state index in [0.29, 0.717) is 16.7 Å². The molecule has 4 rings (SSSR count). The van der Waals surface area contributed by atoms with Gasteiger partial charge in [-0.25, -0.2) is 9.78 Å². The number of hydrogen-bond donors (Lipinski definition) is 0. The lowest BCUT2D eigenvalue weighted by Crippen LogP contribution is -2.26. The number of thioether (sulfide) groups is 1. The SMILES string of the molecule is COC(=O)c1ccc(CSc2nc3ccccc3c(=O)n2C2CCCC2)cc1. The van der Waals surface area contributed by atoms with Crippen LogP contribution in [-0.2, 0) is 10.5 Å². The second-order valence-electron chi connectivity index (χ2n) is 7.00. The molecule has 1 aromatic heterocycles. The first-order valence-corrected chi connectivity index (χ1v) is 10.5. The van der Waals surface area contributed by atoms with Crippen molar-refractivity contribution < 1.29 is 9.53 Å². The van der Waals surface area contributed by atoms with Crippen molar-refractivity contribution >= 4 is 28.6 Å². The minimum absolute atomic E-state index is 0.0565. The summed E-state index contributed by atoms with van der Waals surface area (Å²) < 4.78 is 6.65. The van der Waals surface area contributed by atoms with E-state index >= 15 is 0 Å². The van der Waals surface area contributed by atoms with Gasteiger partial charge in [0.2, 0.25) is 0 Å². The maximum Gasteiger partial charge on any atom is 0.337 e. The van der Waals surface area contributed by atoms with E-state index in [9.17, 15) is 9.59 Å². The van der Waals surface area contributed by atoms with Crippen molar-refractivity contribution in [3.8, 4) is 0 Å². The van der Waals surface area contributed by atoms with Gasteiger partial charge in [0.05, 0.1) is 23.6 Å². The molecule has 144 valence electrons. The van der Waals surface area contributed by atoms with E-state index in [4.69, 9.17) is 9.72 Å². The number of nitrogens with zero attached hydrogens (tertiary/aromatic N) is 2. The Kier molecular flexibility index (Phi) is 5.48. The third kappa shape index (κ3) is 3.69. The van der Waals surface area contributed by atoms with Crippen molar-refractivity contribution in [2.45, 2.75) is 42.6 Å². The molecule has 0 amide bonds. The van der Waals surface area contributed by atoms with Gasteiger partial charge in [-0.3, -0.25) is 9.36 Å². The minimum Gasteiger partial charge on any atom is -0.465 e. The molecule has 1 aliphatic carbocycles. The van der Waals surface area contributed by atoms with E-state index in [1.54, 1.807) is 23.9 Å². The average molecular weight is 394 g/mol. The van der Waals surface area contributed by atoms with Crippen molar-refractivity contribution in [3.05, 3.63) is 70.0 Å². The molecule has 6 heteroatoms. The van der Waals surface area contributed by atoms with Crippen molar-refractivity contribution in [3.63, 3.8) is 0 Å². The Morgan fingerprint density at radius 3 is 2.57 bits per heavy atom. The van der Waals surface area contributed by atoms with Gasteiger partial charge in [-0.2, -0.15) is 0 Å². The fraction of sp³-hybridized carbons (Fsp3) is 0.318. The number of esters is 1. The van der Waals surface area contributed by atoms with Gasteiger partial charge in [0.25, 0.3) is 5.56 Å². The van der Waals surface area contributed by atoms with Crippen molar-refractivity contribution in [1.29, 1.82) is 0 Å². The Hall–Kier alpha value is -2.60. The smallest absolute Gasteiger partial charge is 0.337 e. The number of carbonyl (C=O) groups is 1. The number of para-hydroxylation sites is 1. The molecule has 0 saturated heterocycles. The Bertz CT molecular complexity index is 1050. The maximum atomic E-state index is 13.2. The largest absolute Gasteiger partial charge is 0.465 e. The summed E-state index contributed by atoms with van der Waals surface area (Å²) in [5, 5.41) is 1.45. The molecule has 5 nitrogen and oxygen atoms in total. The third-order valence-electron chi connectivity index (χ3n) is 5.21. The standard InChI is InChI=1S/C22H22N2O3S/c1-27-21(26)16-12-10-15(11-13-16)14-28-22-23-19-9-5-4-8-18(19)20(25)24(22)17-6-2-3-7-17/h4-5,8-13,17H,2-3,6-7,14H2,1H3. The summed E-state index contributed by atoms with van der Waals surface area (Å²) in [7, 11) is 1.37. The number of aromatic nitrogens is 2. The molecule has 1 fully saturated rings. The molecule has 0 spiro atoms. The van der Waals surface area contributed by atoms with Gasteiger partial charge in [0.15, 0.2) is 5.16 Å². The fourth-order valence-electron chi connectivity index (χ4n) is 3.71. The molecular weight excluding hydrogens is 372 g/mol. The van der Waals surface area contributed by atoms with Gasteiger partial charge >= 0.3 is 5.97 Å². The lowest BCUT2D eigenvalue weighted by Gasteiger charge is -2.18. The first-order valence-electron chi connectivity index (χ1n) is 9.48. The summed E-state index contributed by atoms with van der Waals surface area (Å²) in [6.45, 7) is 0. The average Bonchev–Trinajstić information content (AvgIpc) is 3.26. The number of fused-ring (bicyclic) bond motifs is 1. The summed E-state index contributed by atoms with van der Waals surface area (Å²) in [6, 6.07) is 15.1. The fourth-order valence-corrected chi connectivity index (χ4v) is 4.74. The molecule has 28 heavy (non-hydrogen) atoms. The minimum atomic E-state index is -0.342. The van der Waals surface area contributed by atoms with E-state index in [0.717, 1.165) is 41.9 Å². The van der Waals surface area contributed by atoms with E-state index in [1.165, 1.54) is 7.11 Å². The lowest BCUT2D eigenvalue weighted by molar-refractivity contribution is 0.0600. The van der Waals surface area contributed by atoms with Crippen LogP contribution in [0.1, 0.15) is 47.6 Å². The molecule has 2 aromatic carbocycles. The van der Waals surface area contributed by atoms with Crippen molar-refractivity contribution in [2.24, 2.45) is 0 Å². The summed E-state index contributed by atoms with van der Waals surface area (Å²) in [5.41, 5.74) is 2.40. The van der Waals surface area contributed by atoms with Crippen LogP contribution < -0.4 is 5.56 Å². The van der Waals surface area contributed by atoms with Gasteiger partial charge in [-0.05, 0) is 42.7 Å². The molecule has 0 radical (unpaired) electrons. The van der Waals surface area contributed by atoms with Gasteiger partial charge in [-0.1, -0.05) is 48.9 Å². The molecule has 1 heterocycles. The van der Waals surface area contributed by atoms with Gasteiger partial charge in [0.1, 0.15) is 0 Å². The van der Waals surface area contributed by atoms with Crippen molar-refractivity contribution in [2.75, 3.05) is 7.11 Å². The highest BCUT2D eigenvalue weighted by atomic mass is 32.2. The first kappa shape index (κ1) is 18.7. The van der Waals surface area contributed by atoms with Gasteiger partial charge in [0, 0.05) is 11.8 Å². The Balaban J connectivity index is 1.64. The highest BCUT2D eigenvalue weighted by molar-refractivity contribution is 7.98. The highest BCUT2D eigenvalue weighted by Gasteiger charge is 2.23. The predicted octanol–water partition coefficient (Wildman–Crippen LogP) is 4.59. The normalized spacial score (nSPS) is 14.5. The number of ether oxygens (including phenoxy) is 1. The van der Waals surface area contributed by atoms with E-state index in [2.05, 4.69) is 0 Å². The monoisotopic (exact) mass is 394 g/mol. The third-order valence-corrected chi connectivity index (χ3v) is 6.23. The molecular formula is C22H22N2O3S. The van der Waals surface area contributed by atoms with Crippen LogP contribution in [0.2, 0.25) is 0 Å². The molecule has 3 aromatic rings. The van der Waals surface area contributed by atoms with Gasteiger partial charge < -0.3 is 4.74 Å². The number of hydrogen-bond acceptors (Lipinski definition) is 5. The molecule has 0 aliphatic heterocycles. The topological polar surface area (TPSA) is 61.2 Å². The number of rotatable bonds is 5. The quantitative estimate of drug-likeness (QED) is 0.360. The molecule has 0 unspecified atom stereocenters. The summed E-state index contributed by atoms with van der Waals surface area (Å²) in [5.74, 6) is 0.337. The van der Waals surface area contributed by atoms with Crippen LogP contribution in [0, 0.1) is 0 Å². The van der Waals surface area contributed by atoms with E-state index < -0.39 is 0 Å². The van der Waals surface area contributed by atoms with Crippen LogP contribution in [0.3, 0.4) is 0 Å². The van der Waals surface area contributed by atoms with Gasteiger partial charge in [-0.15, -0.1) is 0 Å². The Morgan fingerprint density at radius 2 is 1.86 bits per heavy atom. The summed E-state index contributed by atoms with van der Waals surface area (Å²) in [4.78, 5) is 29.5. The molecule has 0 bridgehead atoms. The Labute approximate surface area is 167 Å². The molecule has 0 N–H and O–H groups in total. The Morgan fingerprint density at radius 1 is 1.14 bits per heavy atom. The zero-order valence-corrected chi connectivity index (χ0v) is 16.6. The van der Waals surface area contributed by atoms with Crippen molar-refractivity contribution in [1.82, 2.24) is 9.55 Å². The van der Waals surface area contributed by atoms with Crippen LogP contribution in [0.15, 0.2) is 58.5 Å². The predicted molar refractivity (Wildman–Crippen MR) is 111 cm³/mol. The molecule has 1 saturated carbocycles. The van der Waals surface area contributed by atoms with Crippen LogP contribution in [-0.4, -0.2) is 22.6 Å². The van der Waals surface area contributed by atoms with Crippen LogP contribution in [0.25, 0.3) is 10.9 Å². The van der Waals surface area contributed by atoms with Crippen LogP contribution >= 0.6 is 11.8 Å². The van der Waals surface area contributed by atoms with Crippen LogP contribution in [0.4, 0.5) is 0 Å². The second-order valence-corrected chi connectivity index (χ2v) is 7.94.